The Labute approximate surface area is 600 Å². The van der Waals surface area contributed by atoms with Crippen LogP contribution < -0.4 is 93.3 Å². The van der Waals surface area contributed by atoms with Gasteiger partial charge in [0.25, 0.3) is 0 Å². The van der Waals surface area contributed by atoms with Crippen LogP contribution in [0.5, 0.6) is 0 Å². The molecule has 0 aliphatic carbocycles. The first kappa shape index (κ1) is 85.9. The van der Waals surface area contributed by atoms with E-state index in [0.29, 0.717) is 108 Å². The van der Waals surface area contributed by atoms with Crippen molar-refractivity contribution in [2.75, 3.05) is 39.3 Å². The van der Waals surface area contributed by atoms with Gasteiger partial charge in [-0.2, -0.15) is 0 Å². The van der Waals surface area contributed by atoms with Crippen molar-refractivity contribution in [3.63, 3.8) is 0 Å². The van der Waals surface area contributed by atoms with Crippen molar-refractivity contribution in [2.45, 2.75) is 248 Å². The molecular weight excluding hydrogens is 1310 g/mol. The van der Waals surface area contributed by atoms with Crippen LogP contribution >= 0.6 is 0 Å². The lowest BCUT2D eigenvalue weighted by Crippen LogP contribution is -2.61. The number of carbonyl (C=O) groups excluding carboxylic acids is 11. The Bertz CT molecular complexity index is 3070. The molecule has 4 rings (SSSR count). The quantitative estimate of drug-likeness (QED) is 0.0327. The molecule has 31 nitrogen and oxygen atoms in total. The Hall–Kier alpha value is -8.49. The molecule has 1 saturated heterocycles. The topological polar surface area (TPSA) is 521 Å². The van der Waals surface area contributed by atoms with Gasteiger partial charge in [0.15, 0.2) is 0 Å². The molecule has 11 amide bonds. The van der Waals surface area contributed by atoms with E-state index in [9.17, 15) is 47.9 Å². The summed E-state index contributed by atoms with van der Waals surface area (Å²) >= 11 is 0. The highest BCUT2D eigenvalue weighted by Crippen LogP contribution is 2.19. The van der Waals surface area contributed by atoms with Gasteiger partial charge in [-0.05, 0) is 205 Å². The number of amides is 11. The average Bonchev–Trinajstić information content (AvgIpc) is 0.949. The molecule has 2 heterocycles. The lowest BCUT2D eigenvalue weighted by Gasteiger charge is -2.29. The highest BCUT2D eigenvalue weighted by atomic mass is 16.2. The Morgan fingerprint density at radius 2 is 0.686 bits per heavy atom. The smallest absolute Gasteiger partial charge is 0.243 e. The van der Waals surface area contributed by atoms with Gasteiger partial charge in [0.1, 0.15) is 66.1 Å². The Balaban J connectivity index is 1.93. The number of primary amides is 1. The van der Waals surface area contributed by atoms with Gasteiger partial charge >= 0.3 is 0 Å². The van der Waals surface area contributed by atoms with Gasteiger partial charge in [-0.3, -0.25) is 57.4 Å². The van der Waals surface area contributed by atoms with Crippen molar-refractivity contribution in [3.05, 3.63) is 71.9 Å². The fourth-order valence-electron chi connectivity index (χ4n) is 11.8. The van der Waals surface area contributed by atoms with Crippen LogP contribution in [0.2, 0.25) is 0 Å². The number of rotatable bonds is 37. The highest BCUT2D eigenvalue weighted by Gasteiger charge is 2.37. The zero-order chi connectivity index (χ0) is 74.8. The van der Waals surface area contributed by atoms with Gasteiger partial charge in [-0.25, -0.2) is 0 Å². The van der Waals surface area contributed by atoms with Crippen LogP contribution in [0, 0.1) is 12.8 Å². The van der Waals surface area contributed by atoms with Gasteiger partial charge in [0, 0.05) is 24.9 Å². The molecule has 2 aromatic carbocycles. The molecule has 0 saturated carbocycles. The molecule has 24 N–H and O–H groups in total. The van der Waals surface area contributed by atoms with Crippen molar-refractivity contribution in [2.24, 2.45) is 46.1 Å². The highest BCUT2D eigenvalue weighted by molar-refractivity contribution is 5.99. The second-order valence-electron chi connectivity index (χ2n) is 26.9. The molecule has 1 fully saturated rings. The van der Waals surface area contributed by atoms with Crippen molar-refractivity contribution < 1.29 is 52.7 Å². The van der Waals surface area contributed by atoms with E-state index in [1.807, 2.05) is 31.2 Å². The molecule has 102 heavy (non-hydrogen) atoms. The van der Waals surface area contributed by atoms with E-state index in [1.54, 1.807) is 55.1 Å². The number of nitrogens with one attached hydrogen (secondary N) is 10. The fraction of sp³-hybridized carbons (Fsp3) is 0.648. The first-order valence-corrected chi connectivity index (χ1v) is 36.6. The summed E-state index contributed by atoms with van der Waals surface area (Å²) < 4.78 is 1.67. The Kier molecular flexibility index (Phi) is 40.8. The molecule has 568 valence electrons. The van der Waals surface area contributed by atoms with E-state index in [2.05, 4.69) is 63.5 Å². The molecule has 10 atom stereocenters. The minimum absolute atomic E-state index is 0.00941. The molecule has 3 aromatic rings. The third kappa shape index (κ3) is 32.2. The number of aromatic nitrogens is 3. The maximum atomic E-state index is 15.1. The number of carbonyl (C=O) groups is 11. The van der Waals surface area contributed by atoms with Crippen molar-refractivity contribution in [3.8, 4) is 11.3 Å². The van der Waals surface area contributed by atoms with Gasteiger partial charge in [-0.15, -0.1) is 5.10 Å². The third-order valence-electron chi connectivity index (χ3n) is 17.7. The fourth-order valence-corrected chi connectivity index (χ4v) is 11.8. The summed E-state index contributed by atoms with van der Waals surface area (Å²) in [4.78, 5) is 161. The van der Waals surface area contributed by atoms with E-state index in [1.165, 1.54) is 0 Å². The van der Waals surface area contributed by atoms with E-state index >= 15 is 4.79 Å². The minimum atomic E-state index is -1.53. The largest absolute Gasteiger partial charge is 0.370 e. The number of nitrogens with zero attached hydrogens (tertiary/aromatic N) is 3. The molecule has 1 aromatic heterocycles. The van der Waals surface area contributed by atoms with Crippen LogP contribution in [0.15, 0.2) is 60.8 Å². The van der Waals surface area contributed by atoms with Crippen LogP contribution in [0.1, 0.15) is 179 Å². The summed E-state index contributed by atoms with van der Waals surface area (Å²) in [6.07, 6.45) is 6.52. The van der Waals surface area contributed by atoms with Gasteiger partial charge in [-0.1, -0.05) is 79.2 Å². The van der Waals surface area contributed by atoms with Crippen LogP contribution in [0.4, 0.5) is 0 Å². The minimum Gasteiger partial charge on any atom is -0.370 e. The number of aryl methyl sites for hydroxylation is 2. The summed E-state index contributed by atoms with van der Waals surface area (Å²) in [5, 5.41) is 36.8. The summed E-state index contributed by atoms with van der Waals surface area (Å²) in [6.45, 7) is 7.40. The molecular formula is C71H118N20O11. The Morgan fingerprint density at radius 1 is 0.392 bits per heavy atom. The van der Waals surface area contributed by atoms with E-state index in [-0.39, 0.29) is 109 Å². The second-order valence-corrected chi connectivity index (χ2v) is 26.9. The number of hydrogen-bond donors (Lipinski definition) is 17. The zero-order valence-electron chi connectivity index (χ0n) is 60.1. The summed E-state index contributed by atoms with van der Waals surface area (Å²) in [5.74, 6) is -9.05. The Morgan fingerprint density at radius 3 is 1.01 bits per heavy atom. The molecule has 31 heteroatoms. The lowest BCUT2D eigenvalue weighted by atomic mass is 10.00. The van der Waals surface area contributed by atoms with Crippen LogP contribution in [0.25, 0.3) is 11.3 Å². The standard InChI is InChI=1S/C71H118N20O11/c1-46(2)43-58-70(101)86-57(34-35-61(78)92)69(100)84-52(25-9-16-38-74)64(95)79-51(24-8-15-37-73)63(94)83-56(29-13-20-42-91-45-60(89-90-91)49-32-30-47(3)31-33-49)66(97)80-50(23-7-14-36-72)62(93)82-55(28-12-19-41-77)68(99)88-59(44-48-21-5-4-6-22-48)71(102)85-53(26-10-17-39-75)65(96)81-54(67(98)87-58)27-11-18-40-76/h4-6,21-22,30-33,45-46,50-59H,7-20,23-29,34-44,72-77H2,1-3H3,(H2,78,92)(H,79,95)(H,80,97)(H,81,96)(H,82,93)(H,83,94)(H,84,100)(H,85,102)(H,86,101)(H,87,98)(H,88,99)/t50-,51-,52-,53-,54-,55-,56-,57-,58-,59-/m0/s1. The number of benzene rings is 2. The van der Waals surface area contributed by atoms with Crippen molar-refractivity contribution in [1.29, 1.82) is 0 Å². The first-order chi connectivity index (χ1) is 49.0. The maximum absolute atomic E-state index is 15.1. The summed E-state index contributed by atoms with van der Waals surface area (Å²) in [5.41, 5.74) is 44.4. The maximum Gasteiger partial charge on any atom is 0.243 e. The van der Waals surface area contributed by atoms with E-state index in [4.69, 9.17) is 40.1 Å². The first-order valence-electron chi connectivity index (χ1n) is 36.6. The van der Waals surface area contributed by atoms with Gasteiger partial charge < -0.3 is 93.3 Å². The third-order valence-corrected chi connectivity index (χ3v) is 17.7. The summed E-state index contributed by atoms with van der Waals surface area (Å²) in [7, 11) is 0. The van der Waals surface area contributed by atoms with Crippen LogP contribution in [-0.2, 0) is 65.7 Å². The van der Waals surface area contributed by atoms with Gasteiger partial charge in [0.05, 0.1) is 6.20 Å². The average molecular weight is 1430 g/mol. The molecule has 0 unspecified atom stereocenters. The molecule has 0 spiro atoms. The van der Waals surface area contributed by atoms with E-state index in [0.717, 1.165) is 11.1 Å². The van der Waals surface area contributed by atoms with Crippen molar-refractivity contribution in [1.82, 2.24) is 68.2 Å². The van der Waals surface area contributed by atoms with Gasteiger partial charge in [0.2, 0.25) is 65.0 Å². The molecule has 0 radical (unpaired) electrons. The zero-order valence-corrected chi connectivity index (χ0v) is 60.1. The van der Waals surface area contributed by atoms with Crippen LogP contribution in [0.3, 0.4) is 0 Å². The predicted molar refractivity (Wildman–Crippen MR) is 389 cm³/mol. The van der Waals surface area contributed by atoms with Crippen LogP contribution in [-0.4, -0.2) is 180 Å². The monoisotopic (exact) mass is 1430 g/mol. The SMILES string of the molecule is Cc1ccc(-c2cn(CCCC[C@@H]3NC(=O)[C@H](CCCCN)NC(=O)[C@H](CCCCN)NC(=O)[C@H](CCC(N)=O)NC(=O)[C@H](CC(C)C)NC(=O)[C@H](CCCCN)NC(=O)[C@H](CCCCN)NC(=O)[C@H](Cc4ccccc4)NC(=O)[C@H](CCCCN)NC(=O)[C@H](CCCCN)NC3=O)nn2)cc1. The normalized spacial score (nSPS) is 22.2. The van der Waals surface area contributed by atoms with Crippen molar-refractivity contribution >= 4 is 65.0 Å². The van der Waals surface area contributed by atoms with E-state index < -0.39 is 132 Å². The molecule has 1 aliphatic rings. The molecule has 0 bridgehead atoms. The molecule has 1 aliphatic heterocycles. The summed E-state index contributed by atoms with van der Waals surface area (Å²) in [6, 6.07) is 3.03. The number of unbranched alkanes of at least 4 members (excludes halogenated alkanes) is 7. The number of nitrogens with two attached hydrogens (primary N) is 7. The number of hydrogen-bond acceptors (Lipinski definition) is 19. The lowest BCUT2D eigenvalue weighted by molar-refractivity contribution is -0.137. The predicted octanol–water partition coefficient (Wildman–Crippen LogP) is -0.386. The second kappa shape index (κ2) is 48.4.